The lowest BCUT2D eigenvalue weighted by molar-refractivity contribution is -0.119. The van der Waals surface area contributed by atoms with Crippen LogP contribution in [-0.4, -0.2) is 25.9 Å². The molecule has 0 aliphatic carbocycles. The molecule has 0 radical (unpaired) electrons. The van der Waals surface area contributed by atoms with Crippen molar-refractivity contribution >= 4 is 12.8 Å². The van der Waals surface area contributed by atoms with Crippen molar-refractivity contribution in [2.75, 3.05) is 7.05 Å². The Morgan fingerprint density at radius 3 is 2.57 bits per heavy atom. The van der Waals surface area contributed by atoms with Gasteiger partial charge in [0.25, 0.3) is 0 Å². The molecule has 0 spiro atoms. The van der Waals surface area contributed by atoms with E-state index in [9.17, 15) is 9.11 Å². The molecule has 1 aliphatic heterocycles. The number of halogens is 1. The Balaban J connectivity index is 2.32. The van der Waals surface area contributed by atoms with Crippen LogP contribution in [0.2, 0.25) is 12.6 Å². The van der Waals surface area contributed by atoms with Gasteiger partial charge < -0.3 is 9.63 Å². The molecule has 0 unspecified atom stereocenters. The van der Waals surface area contributed by atoms with Crippen LogP contribution in [0, 0.1) is 5.92 Å². The number of hydrogen-bond acceptors (Lipinski definition) is 2. The van der Waals surface area contributed by atoms with Gasteiger partial charge in [-0.15, -0.1) is 0 Å². The van der Waals surface area contributed by atoms with Crippen LogP contribution < -0.4 is 5.32 Å². The number of nitrogens with one attached hydrogen (secondary N) is 1. The molecule has 1 aliphatic rings. The van der Waals surface area contributed by atoms with E-state index in [-0.39, 0.29) is 11.8 Å². The SMILES string of the molecule is CN[C@H](CC1CCB(F)CC1)C(C)=O. The average Bonchev–Trinajstić information content (AvgIpc) is 2.16. The lowest BCUT2D eigenvalue weighted by Gasteiger charge is -2.25. The minimum atomic E-state index is -0.600. The van der Waals surface area contributed by atoms with E-state index in [0.29, 0.717) is 18.6 Å². The van der Waals surface area contributed by atoms with E-state index in [1.165, 1.54) is 0 Å². The number of rotatable bonds is 4. The quantitative estimate of drug-likeness (QED) is 0.701. The van der Waals surface area contributed by atoms with E-state index < -0.39 is 6.99 Å². The van der Waals surface area contributed by atoms with Crippen LogP contribution in [0.4, 0.5) is 4.32 Å². The highest BCUT2D eigenvalue weighted by Crippen LogP contribution is 2.29. The molecule has 0 amide bonds. The smallest absolute Gasteiger partial charge is 0.336 e. The standard InChI is InChI=1S/C10H19BFNO/c1-8(14)10(13-2)7-9-3-5-11(12)6-4-9/h9-10,13H,3-7H2,1-2H3/t10-/m1/s1. The molecule has 0 aromatic heterocycles. The largest absolute Gasteiger partial charge is 0.348 e. The molecular weight excluding hydrogens is 180 g/mol. The first-order valence-corrected chi connectivity index (χ1v) is 5.45. The molecule has 1 rings (SSSR count). The first-order chi connectivity index (χ1) is 6.63. The monoisotopic (exact) mass is 199 g/mol. The van der Waals surface area contributed by atoms with E-state index in [4.69, 9.17) is 0 Å². The van der Waals surface area contributed by atoms with Gasteiger partial charge in [0.1, 0.15) is 5.78 Å². The molecule has 0 bridgehead atoms. The summed E-state index contributed by atoms with van der Waals surface area (Å²) in [5.41, 5.74) is 0. The van der Waals surface area contributed by atoms with Crippen molar-refractivity contribution in [1.82, 2.24) is 5.32 Å². The summed E-state index contributed by atoms with van der Waals surface area (Å²) in [5.74, 6) is 0.721. The highest BCUT2D eigenvalue weighted by atomic mass is 19.1. The van der Waals surface area contributed by atoms with Crippen molar-refractivity contribution in [3.8, 4) is 0 Å². The fourth-order valence-corrected chi connectivity index (χ4v) is 2.18. The Hall–Kier alpha value is -0.375. The average molecular weight is 199 g/mol. The van der Waals surface area contributed by atoms with Crippen LogP contribution in [-0.2, 0) is 4.79 Å². The highest BCUT2D eigenvalue weighted by molar-refractivity contribution is 6.51. The fraction of sp³-hybridized carbons (Fsp3) is 0.900. The van der Waals surface area contributed by atoms with E-state index in [1.807, 2.05) is 7.05 Å². The Morgan fingerprint density at radius 2 is 2.14 bits per heavy atom. The summed E-state index contributed by atoms with van der Waals surface area (Å²) in [7, 11) is 1.81. The van der Waals surface area contributed by atoms with Crippen molar-refractivity contribution in [3.63, 3.8) is 0 Å². The van der Waals surface area contributed by atoms with Gasteiger partial charge >= 0.3 is 6.99 Å². The number of carbonyl (C=O) groups excluding carboxylic acids is 1. The maximum absolute atomic E-state index is 12.9. The molecule has 1 heterocycles. The van der Waals surface area contributed by atoms with Gasteiger partial charge in [-0.1, -0.05) is 12.8 Å². The van der Waals surface area contributed by atoms with Crippen LogP contribution in [0.5, 0.6) is 0 Å². The zero-order valence-corrected chi connectivity index (χ0v) is 9.05. The molecule has 1 fully saturated rings. The second kappa shape index (κ2) is 5.49. The predicted octanol–water partition coefficient (Wildman–Crippen LogP) is 1.92. The van der Waals surface area contributed by atoms with Gasteiger partial charge in [-0.3, -0.25) is 4.79 Å². The van der Waals surface area contributed by atoms with Crippen LogP contribution in [0.3, 0.4) is 0 Å². The summed E-state index contributed by atoms with van der Waals surface area (Å²) >= 11 is 0. The number of Topliss-reactive ketones (excluding diaryl/α,β-unsaturated/α-hetero) is 1. The summed E-state index contributed by atoms with van der Waals surface area (Å²) in [4.78, 5) is 11.2. The number of carbonyl (C=O) groups is 1. The normalized spacial score (nSPS) is 20.9. The number of hydrogen-bond donors (Lipinski definition) is 1. The van der Waals surface area contributed by atoms with Gasteiger partial charge in [-0.05, 0) is 39.0 Å². The molecule has 1 N–H and O–H groups in total. The molecule has 14 heavy (non-hydrogen) atoms. The van der Waals surface area contributed by atoms with Gasteiger partial charge in [-0.25, -0.2) is 0 Å². The first-order valence-electron chi connectivity index (χ1n) is 5.45. The molecular formula is C10H19BFNO. The second-order valence-electron chi connectivity index (χ2n) is 4.31. The maximum atomic E-state index is 12.9. The minimum absolute atomic E-state index is 0.0313. The maximum Gasteiger partial charge on any atom is 0.348 e. The van der Waals surface area contributed by atoms with Crippen LogP contribution in [0.1, 0.15) is 26.2 Å². The van der Waals surface area contributed by atoms with E-state index >= 15 is 0 Å². The zero-order chi connectivity index (χ0) is 10.6. The van der Waals surface area contributed by atoms with Gasteiger partial charge in [0.05, 0.1) is 6.04 Å². The summed E-state index contributed by atoms with van der Waals surface area (Å²) in [6.45, 7) is 1.01. The topological polar surface area (TPSA) is 29.1 Å². The molecule has 0 aromatic carbocycles. The Morgan fingerprint density at radius 1 is 1.57 bits per heavy atom. The summed E-state index contributed by atoms with van der Waals surface area (Å²) < 4.78 is 12.9. The predicted molar refractivity (Wildman–Crippen MR) is 57.3 cm³/mol. The van der Waals surface area contributed by atoms with Crippen LogP contribution >= 0.6 is 0 Å². The lowest BCUT2D eigenvalue weighted by atomic mass is 9.56. The molecule has 80 valence electrons. The molecule has 0 aromatic rings. The van der Waals surface area contributed by atoms with Crippen molar-refractivity contribution in [2.45, 2.75) is 44.9 Å². The van der Waals surface area contributed by atoms with Crippen LogP contribution in [0.15, 0.2) is 0 Å². The summed E-state index contributed by atoms with van der Waals surface area (Å²) in [5, 5.41) is 3.02. The second-order valence-corrected chi connectivity index (χ2v) is 4.31. The molecule has 1 saturated heterocycles. The van der Waals surface area contributed by atoms with E-state index in [1.54, 1.807) is 6.92 Å². The van der Waals surface area contributed by atoms with Gasteiger partial charge in [0.15, 0.2) is 0 Å². The third-order valence-electron chi connectivity index (χ3n) is 3.18. The third kappa shape index (κ3) is 3.41. The molecule has 2 nitrogen and oxygen atoms in total. The zero-order valence-electron chi connectivity index (χ0n) is 9.05. The Bertz CT molecular complexity index is 193. The fourth-order valence-electron chi connectivity index (χ4n) is 2.18. The Labute approximate surface area is 85.8 Å². The summed E-state index contributed by atoms with van der Waals surface area (Å²) in [6, 6.07) is -0.0313. The van der Waals surface area contributed by atoms with Crippen molar-refractivity contribution < 1.29 is 9.11 Å². The van der Waals surface area contributed by atoms with Crippen molar-refractivity contribution in [3.05, 3.63) is 0 Å². The molecule has 0 saturated carbocycles. The van der Waals surface area contributed by atoms with E-state index in [0.717, 1.165) is 19.3 Å². The molecule has 1 atom stereocenters. The highest BCUT2D eigenvalue weighted by Gasteiger charge is 2.26. The van der Waals surface area contributed by atoms with Crippen LogP contribution in [0.25, 0.3) is 0 Å². The third-order valence-corrected chi connectivity index (χ3v) is 3.18. The van der Waals surface area contributed by atoms with Crippen molar-refractivity contribution in [1.29, 1.82) is 0 Å². The molecule has 4 heteroatoms. The number of ketones is 1. The van der Waals surface area contributed by atoms with E-state index in [2.05, 4.69) is 5.32 Å². The summed E-state index contributed by atoms with van der Waals surface area (Å²) in [6.07, 6.45) is 4.11. The Kier molecular flexibility index (Phi) is 4.59. The van der Waals surface area contributed by atoms with Crippen molar-refractivity contribution in [2.24, 2.45) is 5.92 Å². The number of likely N-dealkylation sites (N-methyl/N-ethyl adjacent to an activating group) is 1. The minimum Gasteiger partial charge on any atom is -0.336 e. The van der Waals surface area contributed by atoms with Gasteiger partial charge in [0, 0.05) is 0 Å². The first kappa shape index (κ1) is 11.7. The van der Waals surface area contributed by atoms with Gasteiger partial charge in [0.2, 0.25) is 0 Å². The van der Waals surface area contributed by atoms with Gasteiger partial charge in [-0.2, -0.15) is 0 Å². The lowest BCUT2D eigenvalue weighted by Crippen LogP contribution is -2.35.